The summed E-state index contributed by atoms with van der Waals surface area (Å²) in [6.07, 6.45) is 0. The maximum absolute atomic E-state index is 12.8. The molecule has 1 aromatic carbocycles. The minimum Gasteiger partial charge on any atom is -0.436 e. The summed E-state index contributed by atoms with van der Waals surface area (Å²) in [7, 11) is 0. The molecule has 0 aliphatic carbocycles. The molecule has 0 bridgehead atoms. The predicted octanol–water partition coefficient (Wildman–Crippen LogP) is 3.38. The molecule has 1 amide bonds. The van der Waals surface area contributed by atoms with Crippen molar-refractivity contribution in [2.24, 2.45) is 0 Å². The van der Waals surface area contributed by atoms with Crippen LogP contribution in [0.1, 0.15) is 47.5 Å². The van der Waals surface area contributed by atoms with Gasteiger partial charge in [-0.3, -0.25) is 4.79 Å². The van der Waals surface area contributed by atoms with E-state index in [0.29, 0.717) is 24.7 Å². The Bertz CT molecular complexity index is 728. The summed E-state index contributed by atoms with van der Waals surface area (Å²) in [6, 6.07) is 8.49. The first-order valence-corrected chi connectivity index (χ1v) is 8.54. The van der Waals surface area contributed by atoms with Gasteiger partial charge in [-0.1, -0.05) is 26.0 Å². The quantitative estimate of drug-likeness (QED) is 0.867. The van der Waals surface area contributed by atoms with Crippen LogP contribution in [0.3, 0.4) is 0 Å². The molecule has 2 heterocycles. The molecule has 0 spiro atoms. The molecule has 3 rings (SSSR count). The molecule has 0 unspecified atom stereocenters. The van der Waals surface area contributed by atoms with Crippen molar-refractivity contribution in [3.8, 4) is 0 Å². The number of aryl methyl sites for hydroxylation is 2. The van der Waals surface area contributed by atoms with E-state index in [2.05, 4.69) is 41.1 Å². The summed E-state index contributed by atoms with van der Waals surface area (Å²) >= 11 is 0. The maximum atomic E-state index is 12.8. The van der Waals surface area contributed by atoms with Gasteiger partial charge in [-0.25, -0.2) is 4.98 Å². The average molecular weight is 327 g/mol. The molecule has 1 fully saturated rings. The van der Waals surface area contributed by atoms with Crippen LogP contribution in [0.4, 0.5) is 5.69 Å². The molecule has 0 radical (unpaired) electrons. The van der Waals surface area contributed by atoms with Crippen LogP contribution in [0.5, 0.6) is 0 Å². The van der Waals surface area contributed by atoms with Crippen LogP contribution in [0.2, 0.25) is 0 Å². The minimum absolute atomic E-state index is 0.0387. The summed E-state index contributed by atoms with van der Waals surface area (Å²) in [5, 5.41) is 0. The van der Waals surface area contributed by atoms with Crippen LogP contribution in [0, 0.1) is 13.8 Å². The van der Waals surface area contributed by atoms with E-state index in [1.807, 2.05) is 18.7 Å². The maximum Gasteiger partial charge on any atom is 0.291 e. The summed E-state index contributed by atoms with van der Waals surface area (Å²) in [5.41, 5.74) is 3.24. The van der Waals surface area contributed by atoms with Crippen molar-refractivity contribution in [1.29, 1.82) is 0 Å². The van der Waals surface area contributed by atoms with Crippen LogP contribution in [-0.4, -0.2) is 42.0 Å². The number of carbonyl (C=O) groups is 1. The van der Waals surface area contributed by atoms with E-state index >= 15 is 0 Å². The lowest BCUT2D eigenvalue weighted by atomic mass is 10.1. The predicted molar refractivity (Wildman–Crippen MR) is 94.6 cm³/mol. The largest absolute Gasteiger partial charge is 0.436 e. The number of piperazine rings is 1. The van der Waals surface area contributed by atoms with Crippen molar-refractivity contribution in [1.82, 2.24) is 9.88 Å². The monoisotopic (exact) mass is 327 g/mol. The Labute approximate surface area is 143 Å². The van der Waals surface area contributed by atoms with Crippen molar-refractivity contribution in [3.63, 3.8) is 0 Å². The van der Waals surface area contributed by atoms with Gasteiger partial charge in [0.2, 0.25) is 5.76 Å². The highest BCUT2D eigenvalue weighted by molar-refractivity contribution is 5.93. The van der Waals surface area contributed by atoms with Gasteiger partial charge in [0.05, 0.1) is 5.69 Å². The van der Waals surface area contributed by atoms with Gasteiger partial charge >= 0.3 is 0 Å². The average Bonchev–Trinajstić information content (AvgIpc) is 2.96. The van der Waals surface area contributed by atoms with Gasteiger partial charge in [-0.2, -0.15) is 0 Å². The number of amides is 1. The molecule has 1 aliphatic rings. The lowest BCUT2D eigenvalue weighted by Crippen LogP contribution is -2.49. The topological polar surface area (TPSA) is 49.6 Å². The number of hydrogen-bond donors (Lipinski definition) is 0. The summed E-state index contributed by atoms with van der Waals surface area (Å²) in [4.78, 5) is 21.4. The van der Waals surface area contributed by atoms with Gasteiger partial charge in [-0.15, -0.1) is 0 Å². The fourth-order valence-corrected chi connectivity index (χ4v) is 3.12. The van der Waals surface area contributed by atoms with Gasteiger partial charge in [0.1, 0.15) is 0 Å². The molecule has 0 N–H and O–H groups in total. The number of rotatable bonds is 3. The highest BCUT2D eigenvalue weighted by Gasteiger charge is 2.28. The molecule has 2 aromatic rings. The third-order valence-corrected chi connectivity index (χ3v) is 4.44. The molecule has 0 saturated carbocycles. The van der Waals surface area contributed by atoms with Crippen LogP contribution in [-0.2, 0) is 0 Å². The van der Waals surface area contributed by atoms with Crippen molar-refractivity contribution >= 4 is 11.6 Å². The number of carbonyl (C=O) groups excluding carboxylic acids is 1. The Balaban J connectivity index is 1.69. The highest BCUT2D eigenvalue weighted by atomic mass is 16.4. The third-order valence-electron chi connectivity index (χ3n) is 4.44. The molecule has 1 saturated heterocycles. The molecular weight excluding hydrogens is 302 g/mol. The smallest absolute Gasteiger partial charge is 0.291 e. The Morgan fingerprint density at radius 2 is 1.88 bits per heavy atom. The summed E-state index contributed by atoms with van der Waals surface area (Å²) < 4.78 is 5.60. The molecular formula is C19H25N3O2. The molecule has 5 heteroatoms. The van der Waals surface area contributed by atoms with Crippen LogP contribution in [0.25, 0.3) is 0 Å². The number of hydrogen-bond acceptors (Lipinski definition) is 4. The van der Waals surface area contributed by atoms with Crippen molar-refractivity contribution in [2.45, 2.75) is 33.6 Å². The number of anilines is 1. The molecule has 5 nitrogen and oxygen atoms in total. The molecule has 24 heavy (non-hydrogen) atoms. The first-order chi connectivity index (χ1) is 11.5. The molecule has 128 valence electrons. The Morgan fingerprint density at radius 3 is 2.50 bits per heavy atom. The summed E-state index contributed by atoms with van der Waals surface area (Å²) in [6.45, 7) is 11.0. The number of aromatic nitrogens is 1. The molecule has 1 aliphatic heterocycles. The Morgan fingerprint density at radius 1 is 1.17 bits per heavy atom. The zero-order valence-corrected chi connectivity index (χ0v) is 14.9. The second kappa shape index (κ2) is 6.67. The van der Waals surface area contributed by atoms with Crippen LogP contribution in [0.15, 0.2) is 28.7 Å². The van der Waals surface area contributed by atoms with Crippen molar-refractivity contribution < 1.29 is 9.21 Å². The number of nitrogens with zero attached hydrogens (tertiary/aromatic N) is 3. The normalized spacial score (nSPS) is 15.2. The zero-order valence-electron chi connectivity index (χ0n) is 14.9. The van der Waals surface area contributed by atoms with Gasteiger partial charge in [0.25, 0.3) is 5.91 Å². The van der Waals surface area contributed by atoms with Crippen molar-refractivity contribution in [3.05, 3.63) is 47.2 Å². The van der Waals surface area contributed by atoms with E-state index in [4.69, 9.17) is 4.42 Å². The van der Waals surface area contributed by atoms with Crippen LogP contribution < -0.4 is 4.90 Å². The van der Waals surface area contributed by atoms with E-state index in [9.17, 15) is 4.79 Å². The first-order valence-electron chi connectivity index (χ1n) is 8.54. The zero-order chi connectivity index (χ0) is 17.3. The Kier molecular flexibility index (Phi) is 4.60. The van der Waals surface area contributed by atoms with E-state index in [0.717, 1.165) is 18.8 Å². The molecule has 1 aromatic heterocycles. The van der Waals surface area contributed by atoms with Gasteiger partial charge in [-0.05, 0) is 30.5 Å². The molecule has 0 atom stereocenters. The lowest BCUT2D eigenvalue weighted by molar-refractivity contribution is 0.0711. The second-order valence-electron chi connectivity index (χ2n) is 6.72. The van der Waals surface area contributed by atoms with E-state index < -0.39 is 0 Å². The van der Waals surface area contributed by atoms with Crippen LogP contribution >= 0.6 is 0 Å². The summed E-state index contributed by atoms with van der Waals surface area (Å²) in [5.74, 6) is 1.10. The minimum atomic E-state index is -0.0387. The van der Waals surface area contributed by atoms with Crippen molar-refractivity contribution in [2.75, 3.05) is 31.1 Å². The van der Waals surface area contributed by atoms with E-state index in [-0.39, 0.29) is 11.8 Å². The van der Waals surface area contributed by atoms with Gasteiger partial charge in [0, 0.05) is 38.8 Å². The first kappa shape index (κ1) is 16.6. The van der Waals surface area contributed by atoms with E-state index in [1.54, 1.807) is 6.92 Å². The van der Waals surface area contributed by atoms with Gasteiger partial charge in [0.15, 0.2) is 5.89 Å². The fourth-order valence-electron chi connectivity index (χ4n) is 3.12. The SMILES string of the molecule is Cc1cccc(N2CCN(C(=O)c3oc(C)nc3C(C)C)CC2)c1. The third kappa shape index (κ3) is 3.30. The Hall–Kier alpha value is -2.30. The number of oxazole rings is 1. The fraction of sp³-hybridized carbons (Fsp3) is 0.474. The standard InChI is InChI=1S/C19H25N3O2/c1-13(2)17-18(24-15(4)20-17)19(23)22-10-8-21(9-11-22)16-7-5-6-14(3)12-16/h5-7,12-13H,8-11H2,1-4H3. The number of benzene rings is 1. The van der Waals surface area contributed by atoms with E-state index in [1.165, 1.54) is 11.3 Å². The highest BCUT2D eigenvalue weighted by Crippen LogP contribution is 2.23. The second-order valence-corrected chi connectivity index (χ2v) is 6.72. The lowest BCUT2D eigenvalue weighted by Gasteiger charge is -2.36. The van der Waals surface area contributed by atoms with Gasteiger partial charge < -0.3 is 14.2 Å².